The van der Waals surface area contributed by atoms with E-state index in [4.69, 9.17) is 9.47 Å². The van der Waals surface area contributed by atoms with Gasteiger partial charge in [-0.3, -0.25) is 4.79 Å². The molecule has 1 aromatic carbocycles. The highest BCUT2D eigenvalue weighted by molar-refractivity contribution is 8.22. The van der Waals surface area contributed by atoms with Gasteiger partial charge in [0.2, 0.25) is 0 Å². The molecule has 0 spiro atoms. The van der Waals surface area contributed by atoms with E-state index in [1.165, 1.54) is 6.40 Å². The van der Waals surface area contributed by atoms with Crippen molar-refractivity contribution in [3.05, 3.63) is 45.7 Å². The molecule has 0 radical (unpaired) electrons. The van der Waals surface area contributed by atoms with Crippen LogP contribution in [-0.2, 0) is 14.3 Å². The van der Waals surface area contributed by atoms with Crippen molar-refractivity contribution in [3.63, 3.8) is 0 Å². The van der Waals surface area contributed by atoms with E-state index in [2.05, 4.69) is 4.99 Å². The van der Waals surface area contributed by atoms with Gasteiger partial charge in [-0.15, -0.1) is 23.5 Å². The lowest BCUT2D eigenvalue weighted by Crippen LogP contribution is -2.36. The summed E-state index contributed by atoms with van der Waals surface area (Å²) in [7, 11) is 0. The third kappa shape index (κ3) is 4.92. The molecular weight excluding hydrogens is 370 g/mol. The second-order valence-corrected chi connectivity index (χ2v) is 8.08. The van der Waals surface area contributed by atoms with Gasteiger partial charge in [0.15, 0.2) is 24.3 Å². The number of ether oxygens (including phenoxy) is 2. The van der Waals surface area contributed by atoms with Gasteiger partial charge in [0.1, 0.15) is 0 Å². The third-order valence-electron chi connectivity index (χ3n) is 3.58. The highest BCUT2D eigenvalue weighted by Crippen LogP contribution is 2.37. The molecule has 0 N–H and O–H groups in total. The summed E-state index contributed by atoms with van der Waals surface area (Å²) in [4.78, 5) is 29.7. The van der Waals surface area contributed by atoms with Crippen LogP contribution in [0.2, 0.25) is 0 Å². The summed E-state index contributed by atoms with van der Waals surface area (Å²) in [6.45, 7) is 6.05. The number of hydrogen-bond acceptors (Lipinski definition) is 7. The van der Waals surface area contributed by atoms with Crippen molar-refractivity contribution >= 4 is 41.7 Å². The van der Waals surface area contributed by atoms with Crippen molar-refractivity contribution in [2.75, 3.05) is 18.1 Å². The number of nitrogens with zero attached hydrogens (tertiary/aromatic N) is 1. The molecule has 7 heteroatoms. The molecule has 0 aliphatic carbocycles. The number of carbonyl (C=O) groups excluding carboxylic acids is 2. The van der Waals surface area contributed by atoms with Crippen LogP contribution in [0.5, 0.6) is 0 Å². The normalized spacial score (nSPS) is 18.3. The Morgan fingerprint density at radius 2 is 1.77 bits per heavy atom. The summed E-state index contributed by atoms with van der Waals surface area (Å²) in [5.41, 5.74) is 1.04. The molecule has 1 aliphatic heterocycles. The van der Waals surface area contributed by atoms with Gasteiger partial charge >= 0.3 is 5.97 Å². The number of rotatable bonds is 9. The zero-order valence-electron chi connectivity index (χ0n) is 15.1. The first-order chi connectivity index (χ1) is 12.6. The van der Waals surface area contributed by atoms with Crippen LogP contribution in [0.3, 0.4) is 0 Å². The van der Waals surface area contributed by atoms with Crippen LogP contribution in [0.25, 0.3) is 0 Å². The number of benzene rings is 1. The Morgan fingerprint density at radius 1 is 1.12 bits per heavy atom. The Bertz CT molecular complexity index is 680. The second kappa shape index (κ2) is 10.4. The van der Waals surface area contributed by atoms with Gasteiger partial charge in [0, 0.05) is 5.56 Å². The van der Waals surface area contributed by atoms with E-state index in [1.807, 2.05) is 32.0 Å². The van der Waals surface area contributed by atoms with Crippen LogP contribution in [-0.4, -0.2) is 48.4 Å². The number of hydrogen-bond donors (Lipinski definition) is 0. The van der Waals surface area contributed by atoms with Crippen molar-refractivity contribution in [2.24, 2.45) is 4.99 Å². The molecule has 0 aromatic heterocycles. The minimum atomic E-state index is -0.859. The van der Waals surface area contributed by atoms with Gasteiger partial charge in [-0.1, -0.05) is 44.2 Å². The SMILES string of the molecule is CCOC(=O)C1N=COC1C(C(=O)c1ccccc1)=C(SCC)SCC. The van der Waals surface area contributed by atoms with Gasteiger partial charge < -0.3 is 9.47 Å². The molecule has 0 saturated heterocycles. The third-order valence-corrected chi connectivity index (χ3v) is 5.83. The maximum absolute atomic E-state index is 13.3. The van der Waals surface area contributed by atoms with Gasteiger partial charge in [0.05, 0.1) is 16.4 Å². The smallest absolute Gasteiger partial charge is 0.335 e. The lowest BCUT2D eigenvalue weighted by Gasteiger charge is -2.21. The summed E-state index contributed by atoms with van der Waals surface area (Å²) in [6, 6.07) is 8.17. The Hall–Kier alpha value is -1.73. The van der Waals surface area contributed by atoms with Crippen LogP contribution < -0.4 is 0 Å². The molecule has 2 unspecified atom stereocenters. The number of thioether (sulfide) groups is 2. The molecular formula is C19H23NO4S2. The summed E-state index contributed by atoms with van der Waals surface area (Å²) in [5.74, 6) is 0.996. The molecule has 0 bridgehead atoms. The largest absolute Gasteiger partial charge is 0.472 e. The van der Waals surface area contributed by atoms with E-state index in [9.17, 15) is 9.59 Å². The average molecular weight is 394 g/mol. The molecule has 1 aliphatic rings. The predicted octanol–water partition coefficient (Wildman–Crippen LogP) is 3.95. The van der Waals surface area contributed by atoms with E-state index in [0.29, 0.717) is 11.1 Å². The van der Waals surface area contributed by atoms with E-state index in [1.54, 1.807) is 42.6 Å². The van der Waals surface area contributed by atoms with E-state index in [-0.39, 0.29) is 12.4 Å². The minimum Gasteiger partial charge on any atom is -0.472 e. The quantitative estimate of drug-likeness (QED) is 0.360. The fourth-order valence-electron chi connectivity index (χ4n) is 2.50. The zero-order valence-corrected chi connectivity index (χ0v) is 16.8. The topological polar surface area (TPSA) is 65.0 Å². The first-order valence-electron chi connectivity index (χ1n) is 8.57. The predicted molar refractivity (Wildman–Crippen MR) is 108 cm³/mol. The number of carbonyl (C=O) groups is 2. The molecule has 0 saturated carbocycles. The second-order valence-electron chi connectivity index (χ2n) is 5.27. The Morgan fingerprint density at radius 3 is 2.35 bits per heavy atom. The Labute approximate surface area is 162 Å². The number of ketones is 1. The van der Waals surface area contributed by atoms with E-state index in [0.717, 1.165) is 15.7 Å². The molecule has 1 heterocycles. The highest BCUT2D eigenvalue weighted by Gasteiger charge is 2.41. The number of aliphatic imine (C=N–C) groups is 1. The van der Waals surface area contributed by atoms with E-state index >= 15 is 0 Å². The average Bonchev–Trinajstić information content (AvgIpc) is 3.12. The van der Waals surface area contributed by atoms with Crippen molar-refractivity contribution in [2.45, 2.75) is 32.9 Å². The monoisotopic (exact) mass is 393 g/mol. The van der Waals surface area contributed by atoms with Crippen LogP contribution in [0.15, 0.2) is 45.1 Å². The first-order valence-corrected chi connectivity index (χ1v) is 10.5. The van der Waals surface area contributed by atoms with Gasteiger partial charge in [-0.2, -0.15) is 0 Å². The van der Waals surface area contributed by atoms with Crippen LogP contribution in [0.4, 0.5) is 0 Å². The maximum atomic E-state index is 13.3. The van der Waals surface area contributed by atoms with Gasteiger partial charge in [-0.25, -0.2) is 9.79 Å². The summed E-state index contributed by atoms with van der Waals surface area (Å²) in [5, 5.41) is 0. The molecule has 26 heavy (non-hydrogen) atoms. The first kappa shape index (κ1) is 20.6. The molecule has 2 atom stereocenters. The summed E-state index contributed by atoms with van der Waals surface area (Å²) in [6.07, 6.45) is 0.477. The van der Waals surface area contributed by atoms with Crippen LogP contribution in [0, 0.1) is 0 Å². The van der Waals surface area contributed by atoms with E-state index < -0.39 is 18.1 Å². The fourth-order valence-corrected chi connectivity index (χ4v) is 4.79. The van der Waals surface area contributed by atoms with Crippen LogP contribution >= 0.6 is 23.5 Å². The zero-order chi connectivity index (χ0) is 18.9. The van der Waals surface area contributed by atoms with Gasteiger partial charge in [0.25, 0.3) is 0 Å². The Balaban J connectivity index is 2.48. The fraction of sp³-hybridized carbons (Fsp3) is 0.421. The summed E-state index contributed by atoms with van der Waals surface area (Å²) < 4.78 is 11.6. The molecule has 140 valence electrons. The number of Topliss-reactive ketones (excluding diaryl/α,β-unsaturated/α-hetero) is 1. The van der Waals surface area contributed by atoms with Crippen molar-refractivity contribution < 1.29 is 19.1 Å². The van der Waals surface area contributed by atoms with Crippen molar-refractivity contribution in [1.29, 1.82) is 0 Å². The van der Waals surface area contributed by atoms with Gasteiger partial charge in [-0.05, 0) is 18.4 Å². The van der Waals surface area contributed by atoms with Crippen molar-refractivity contribution in [1.82, 2.24) is 0 Å². The lowest BCUT2D eigenvalue weighted by molar-refractivity contribution is -0.145. The molecule has 0 amide bonds. The maximum Gasteiger partial charge on any atom is 0.335 e. The molecule has 0 fully saturated rings. The molecule has 5 nitrogen and oxygen atoms in total. The van der Waals surface area contributed by atoms with Crippen LogP contribution in [0.1, 0.15) is 31.1 Å². The summed E-state index contributed by atoms with van der Waals surface area (Å²) >= 11 is 3.16. The lowest BCUT2D eigenvalue weighted by atomic mass is 9.96. The molecule has 2 rings (SSSR count). The molecule has 1 aromatic rings. The number of esters is 1. The Kier molecular flexibility index (Phi) is 8.25. The standard InChI is InChI=1S/C19H23NO4S2/c1-4-23-18(22)15-17(24-12-20-15)14(19(25-5-2)26-6-3)16(21)13-10-8-7-9-11-13/h7-12,15,17H,4-6H2,1-3H3. The highest BCUT2D eigenvalue weighted by atomic mass is 32.2. The van der Waals surface area contributed by atoms with Crippen molar-refractivity contribution in [3.8, 4) is 0 Å². The minimum absolute atomic E-state index is 0.146.